The Morgan fingerprint density at radius 1 is 1.10 bits per heavy atom. The molecule has 0 N–H and O–H groups in total. The van der Waals surface area contributed by atoms with E-state index in [1.165, 1.54) is 23.9 Å². The van der Waals surface area contributed by atoms with Gasteiger partial charge in [0.25, 0.3) is 0 Å². The number of benzene rings is 2. The van der Waals surface area contributed by atoms with Crippen LogP contribution in [0.1, 0.15) is 28.4 Å². The molecule has 0 aliphatic carbocycles. The summed E-state index contributed by atoms with van der Waals surface area (Å²) in [7, 11) is 0. The van der Waals surface area contributed by atoms with Crippen LogP contribution in [0.25, 0.3) is 5.69 Å². The average molecular weight is 441 g/mol. The van der Waals surface area contributed by atoms with Crippen LogP contribution in [0.2, 0.25) is 0 Å². The second kappa shape index (κ2) is 9.20. The fraction of sp³-hybridized carbons (Fsp3) is 0.348. The molecule has 0 spiro atoms. The first-order chi connectivity index (χ1) is 14.9. The third-order valence-corrected chi connectivity index (χ3v) is 6.46. The molecule has 1 atom stereocenters. The van der Waals surface area contributed by atoms with Gasteiger partial charge in [0.05, 0.1) is 24.2 Å². The zero-order valence-corrected chi connectivity index (χ0v) is 18.7. The Morgan fingerprint density at radius 2 is 1.87 bits per heavy atom. The van der Waals surface area contributed by atoms with Crippen LogP contribution < -0.4 is 4.90 Å². The third kappa shape index (κ3) is 4.65. The van der Waals surface area contributed by atoms with Crippen molar-refractivity contribution in [3.05, 3.63) is 65.0 Å². The minimum absolute atomic E-state index is 0.0230. The summed E-state index contributed by atoms with van der Waals surface area (Å²) in [5.74, 6) is 0.311. The van der Waals surface area contributed by atoms with Crippen molar-refractivity contribution < 1.29 is 13.9 Å². The first-order valence-corrected chi connectivity index (χ1v) is 11.1. The van der Waals surface area contributed by atoms with E-state index in [2.05, 4.69) is 15.1 Å². The number of ketones is 1. The highest BCUT2D eigenvalue weighted by molar-refractivity contribution is 8.00. The average Bonchev–Trinajstić information content (AvgIpc) is 3.19. The maximum Gasteiger partial charge on any atom is 0.232 e. The number of thioether (sulfide) groups is 1. The zero-order chi connectivity index (χ0) is 22.0. The summed E-state index contributed by atoms with van der Waals surface area (Å²) in [6, 6.07) is 12.1. The lowest BCUT2D eigenvalue weighted by atomic mass is 10.0. The van der Waals surface area contributed by atoms with E-state index in [9.17, 15) is 9.18 Å². The quantitative estimate of drug-likeness (QED) is 0.422. The minimum Gasteiger partial charge on any atom is -0.378 e. The van der Waals surface area contributed by atoms with Crippen molar-refractivity contribution in [2.24, 2.45) is 0 Å². The van der Waals surface area contributed by atoms with Crippen LogP contribution in [-0.4, -0.2) is 52.1 Å². The van der Waals surface area contributed by atoms with E-state index in [0.29, 0.717) is 48.7 Å². The van der Waals surface area contributed by atoms with E-state index < -0.39 is 0 Å². The Balaban J connectivity index is 1.66. The van der Waals surface area contributed by atoms with Crippen LogP contribution in [-0.2, 0) is 4.74 Å². The Morgan fingerprint density at radius 3 is 2.58 bits per heavy atom. The molecule has 162 valence electrons. The lowest BCUT2D eigenvalue weighted by molar-refractivity contribution is 0.0993. The molecule has 3 aromatic rings. The van der Waals surface area contributed by atoms with Gasteiger partial charge in [-0.1, -0.05) is 30.0 Å². The van der Waals surface area contributed by atoms with Crippen LogP contribution >= 0.6 is 11.8 Å². The number of carbonyl (C=O) groups is 1. The molecule has 2 heterocycles. The number of morpholine rings is 1. The number of rotatable bonds is 6. The highest BCUT2D eigenvalue weighted by Gasteiger charge is 2.25. The Labute approximate surface area is 185 Å². The molecule has 1 unspecified atom stereocenters. The number of hydrogen-bond donors (Lipinski definition) is 0. The molecule has 6 nitrogen and oxygen atoms in total. The van der Waals surface area contributed by atoms with Crippen molar-refractivity contribution >= 4 is 23.5 Å². The van der Waals surface area contributed by atoms with Gasteiger partial charge in [0, 0.05) is 18.7 Å². The van der Waals surface area contributed by atoms with Gasteiger partial charge < -0.3 is 9.64 Å². The van der Waals surface area contributed by atoms with Gasteiger partial charge in [-0.15, -0.1) is 10.2 Å². The van der Waals surface area contributed by atoms with Crippen LogP contribution in [0.3, 0.4) is 0 Å². The summed E-state index contributed by atoms with van der Waals surface area (Å²) >= 11 is 1.33. The second-order valence-corrected chi connectivity index (χ2v) is 8.93. The smallest absolute Gasteiger partial charge is 0.232 e. The lowest BCUT2D eigenvalue weighted by Gasteiger charge is -2.28. The minimum atomic E-state index is -0.379. The van der Waals surface area contributed by atoms with Crippen molar-refractivity contribution in [1.82, 2.24) is 14.8 Å². The summed E-state index contributed by atoms with van der Waals surface area (Å²) in [5, 5.41) is 8.92. The standard InChI is InChI=1S/C23H25FN4O2S/c1-15-7-8-18(13-16(15)2)21(29)17(3)31-23-26-25-22(27-9-11-30-12-10-27)28(23)20-6-4-5-19(24)14-20/h4-8,13-14,17H,9-12H2,1-3H3. The number of anilines is 1. The number of aryl methyl sites for hydroxylation is 2. The summed E-state index contributed by atoms with van der Waals surface area (Å²) in [4.78, 5) is 15.1. The summed E-state index contributed by atoms with van der Waals surface area (Å²) in [5.41, 5.74) is 3.53. The van der Waals surface area contributed by atoms with E-state index in [0.717, 1.165) is 11.1 Å². The van der Waals surface area contributed by atoms with E-state index in [-0.39, 0.29) is 16.9 Å². The SMILES string of the molecule is Cc1ccc(C(=O)C(C)Sc2nnc(N3CCOCC3)n2-c2cccc(F)c2)cc1C. The Hall–Kier alpha value is -2.71. The molecule has 0 saturated carbocycles. The van der Waals surface area contributed by atoms with Gasteiger partial charge in [0.1, 0.15) is 5.82 Å². The molecular weight excluding hydrogens is 415 g/mol. The van der Waals surface area contributed by atoms with Crippen molar-refractivity contribution in [3.8, 4) is 5.69 Å². The predicted molar refractivity (Wildman–Crippen MR) is 120 cm³/mol. The topological polar surface area (TPSA) is 60.3 Å². The number of aromatic nitrogens is 3. The number of carbonyl (C=O) groups excluding carboxylic acids is 1. The monoisotopic (exact) mass is 440 g/mol. The molecule has 31 heavy (non-hydrogen) atoms. The number of hydrogen-bond acceptors (Lipinski definition) is 6. The molecule has 1 aliphatic rings. The zero-order valence-electron chi connectivity index (χ0n) is 17.8. The molecule has 4 rings (SSSR count). The van der Waals surface area contributed by atoms with E-state index in [4.69, 9.17) is 4.74 Å². The molecule has 8 heteroatoms. The normalized spacial score (nSPS) is 15.2. The maximum absolute atomic E-state index is 14.0. The fourth-order valence-electron chi connectivity index (χ4n) is 3.49. The fourth-order valence-corrected chi connectivity index (χ4v) is 4.43. The van der Waals surface area contributed by atoms with E-state index >= 15 is 0 Å². The molecule has 2 aromatic carbocycles. The van der Waals surface area contributed by atoms with Gasteiger partial charge in [-0.25, -0.2) is 4.39 Å². The molecule has 1 aromatic heterocycles. The summed E-state index contributed by atoms with van der Waals surface area (Å²) in [6.07, 6.45) is 0. The van der Waals surface area contributed by atoms with Gasteiger partial charge in [-0.2, -0.15) is 0 Å². The van der Waals surface area contributed by atoms with Gasteiger partial charge in [-0.3, -0.25) is 9.36 Å². The molecule has 1 aliphatic heterocycles. The number of nitrogens with zero attached hydrogens (tertiary/aromatic N) is 4. The Bertz CT molecular complexity index is 1090. The van der Waals surface area contributed by atoms with Crippen molar-refractivity contribution in [2.45, 2.75) is 31.2 Å². The summed E-state index contributed by atoms with van der Waals surface area (Å²) < 4.78 is 21.3. The highest BCUT2D eigenvalue weighted by atomic mass is 32.2. The van der Waals surface area contributed by atoms with E-state index in [1.807, 2.05) is 49.6 Å². The van der Waals surface area contributed by atoms with E-state index in [1.54, 1.807) is 6.07 Å². The first kappa shape index (κ1) is 21.5. The van der Waals surface area contributed by atoms with Crippen LogP contribution in [0.4, 0.5) is 10.3 Å². The van der Waals surface area contributed by atoms with Crippen LogP contribution in [0, 0.1) is 19.7 Å². The number of ether oxygens (including phenoxy) is 1. The predicted octanol–water partition coefficient (Wildman–Crippen LogP) is 4.22. The lowest BCUT2D eigenvalue weighted by Crippen LogP contribution is -2.37. The van der Waals surface area contributed by atoms with Gasteiger partial charge in [0.2, 0.25) is 5.95 Å². The molecule has 0 radical (unpaired) electrons. The van der Waals surface area contributed by atoms with Crippen molar-refractivity contribution in [2.75, 3.05) is 31.2 Å². The summed E-state index contributed by atoms with van der Waals surface area (Å²) in [6.45, 7) is 8.43. The van der Waals surface area contributed by atoms with Crippen LogP contribution in [0.15, 0.2) is 47.6 Å². The molecule has 1 saturated heterocycles. The third-order valence-electron chi connectivity index (χ3n) is 5.42. The van der Waals surface area contributed by atoms with Crippen molar-refractivity contribution in [1.29, 1.82) is 0 Å². The van der Waals surface area contributed by atoms with Gasteiger partial charge in [-0.05, 0) is 56.2 Å². The van der Waals surface area contributed by atoms with Gasteiger partial charge >= 0.3 is 0 Å². The largest absolute Gasteiger partial charge is 0.378 e. The Kier molecular flexibility index (Phi) is 6.38. The molecule has 1 fully saturated rings. The molecular formula is C23H25FN4O2S. The number of halogens is 1. The highest BCUT2D eigenvalue weighted by Crippen LogP contribution is 2.31. The molecule has 0 bridgehead atoms. The maximum atomic E-state index is 14.0. The van der Waals surface area contributed by atoms with Gasteiger partial charge in [0.15, 0.2) is 10.9 Å². The second-order valence-electron chi connectivity index (χ2n) is 7.62. The first-order valence-electron chi connectivity index (χ1n) is 10.3. The van der Waals surface area contributed by atoms with Crippen molar-refractivity contribution in [3.63, 3.8) is 0 Å². The molecule has 0 amide bonds. The number of Topliss-reactive ketones (excluding diaryl/α,β-unsaturated/α-hetero) is 1. The van der Waals surface area contributed by atoms with Crippen LogP contribution in [0.5, 0.6) is 0 Å².